The molecule has 0 saturated heterocycles. The molecule has 0 bridgehead atoms. The van der Waals surface area contributed by atoms with Gasteiger partial charge in [0, 0.05) is 16.2 Å². The third-order valence-electron chi connectivity index (χ3n) is 6.25. The van der Waals surface area contributed by atoms with Gasteiger partial charge in [0.2, 0.25) is 5.90 Å². The van der Waals surface area contributed by atoms with Gasteiger partial charge in [0.05, 0.1) is 8.15 Å². The first kappa shape index (κ1) is 22.0. The number of allylic oxidation sites excluding steroid dienone is 3. The topological polar surface area (TPSA) is 30.8 Å². The van der Waals surface area contributed by atoms with Crippen molar-refractivity contribution in [3.05, 3.63) is 84.5 Å². The van der Waals surface area contributed by atoms with Crippen LogP contribution in [0.25, 0.3) is 0 Å². The summed E-state index contributed by atoms with van der Waals surface area (Å²) in [5, 5.41) is 2.44. The first-order valence-electron chi connectivity index (χ1n) is 11.2. The second kappa shape index (κ2) is 9.51. The predicted octanol–water partition coefficient (Wildman–Crippen LogP) is 5.79. The lowest BCUT2D eigenvalue weighted by molar-refractivity contribution is -0.0368. The zero-order valence-electron chi connectivity index (χ0n) is 18.9. The summed E-state index contributed by atoms with van der Waals surface area (Å²) in [6.07, 6.45) is 7.22. The third kappa shape index (κ3) is 4.40. The minimum atomic E-state index is -0.996. The van der Waals surface area contributed by atoms with E-state index in [0.29, 0.717) is 6.61 Å². The molecule has 1 aliphatic heterocycles. The molecule has 1 aliphatic carbocycles. The van der Waals surface area contributed by atoms with Crippen molar-refractivity contribution in [2.24, 2.45) is 16.8 Å². The molecule has 0 amide bonds. The van der Waals surface area contributed by atoms with E-state index in [1.807, 2.05) is 0 Å². The zero-order valence-corrected chi connectivity index (χ0v) is 19.8. The molecule has 0 spiro atoms. The Morgan fingerprint density at radius 2 is 1.52 bits per heavy atom. The molecule has 0 N–H and O–H groups in total. The van der Waals surface area contributed by atoms with E-state index in [1.54, 1.807) is 0 Å². The minimum absolute atomic E-state index is 0.0403. The SMILES string of the molecule is CC(C)C(OP(c1ccccc1)c1ccccc1)(C(C)C)[C@@H]1COC(C2=CC=CC2)=N1. The Balaban J connectivity index is 1.75. The lowest BCUT2D eigenvalue weighted by Gasteiger charge is -2.45. The maximum Gasteiger partial charge on any atom is 0.212 e. The van der Waals surface area contributed by atoms with Gasteiger partial charge < -0.3 is 9.26 Å². The lowest BCUT2D eigenvalue weighted by Crippen LogP contribution is -2.53. The quantitative estimate of drug-likeness (QED) is 0.494. The van der Waals surface area contributed by atoms with Crippen LogP contribution < -0.4 is 10.6 Å². The maximum absolute atomic E-state index is 7.27. The summed E-state index contributed by atoms with van der Waals surface area (Å²) < 4.78 is 13.4. The normalized spacial score (nSPS) is 18.6. The molecule has 162 valence electrons. The van der Waals surface area contributed by atoms with Crippen LogP contribution in [0.15, 0.2) is 89.5 Å². The fourth-order valence-corrected chi connectivity index (χ4v) is 6.89. The molecule has 4 heteroatoms. The molecule has 1 atom stereocenters. The number of hydrogen-bond donors (Lipinski definition) is 0. The Hall–Kier alpha value is -2.22. The highest BCUT2D eigenvalue weighted by Crippen LogP contribution is 2.49. The molecule has 2 aromatic carbocycles. The fraction of sp³-hybridized carbons (Fsp3) is 0.370. The van der Waals surface area contributed by atoms with Crippen molar-refractivity contribution < 1.29 is 9.26 Å². The Morgan fingerprint density at radius 1 is 0.935 bits per heavy atom. The van der Waals surface area contributed by atoms with Crippen LogP contribution in [0, 0.1) is 11.8 Å². The summed E-state index contributed by atoms with van der Waals surface area (Å²) in [5.74, 6) is 1.34. The number of nitrogens with zero attached hydrogens (tertiary/aromatic N) is 1. The van der Waals surface area contributed by atoms with Crippen molar-refractivity contribution in [2.45, 2.75) is 45.8 Å². The number of benzene rings is 2. The van der Waals surface area contributed by atoms with Crippen LogP contribution in [0.1, 0.15) is 34.1 Å². The second-order valence-corrected chi connectivity index (χ2v) is 10.6. The summed E-state index contributed by atoms with van der Waals surface area (Å²) >= 11 is 0. The van der Waals surface area contributed by atoms with Crippen LogP contribution in [0.5, 0.6) is 0 Å². The molecule has 3 nitrogen and oxygen atoms in total. The summed E-state index contributed by atoms with van der Waals surface area (Å²) in [6, 6.07) is 21.2. The largest absolute Gasteiger partial charge is 0.475 e. The lowest BCUT2D eigenvalue weighted by atomic mass is 9.75. The second-order valence-electron chi connectivity index (χ2n) is 8.80. The molecule has 0 aromatic heterocycles. The van der Waals surface area contributed by atoms with E-state index in [2.05, 4.69) is 107 Å². The van der Waals surface area contributed by atoms with Crippen molar-refractivity contribution in [1.29, 1.82) is 0 Å². The molecule has 2 aromatic rings. The van der Waals surface area contributed by atoms with Crippen molar-refractivity contribution in [1.82, 2.24) is 0 Å². The zero-order chi connectivity index (χ0) is 21.8. The molecular formula is C27H32NO2P. The van der Waals surface area contributed by atoms with Gasteiger partial charge in [-0.15, -0.1) is 0 Å². The number of ether oxygens (including phenoxy) is 1. The Labute approximate surface area is 187 Å². The number of rotatable bonds is 8. The van der Waals surface area contributed by atoms with Crippen LogP contribution in [-0.2, 0) is 9.26 Å². The van der Waals surface area contributed by atoms with E-state index in [4.69, 9.17) is 14.3 Å². The van der Waals surface area contributed by atoms with Crippen molar-refractivity contribution in [3.8, 4) is 0 Å². The van der Waals surface area contributed by atoms with Crippen LogP contribution in [0.2, 0.25) is 0 Å². The summed E-state index contributed by atoms with van der Waals surface area (Å²) in [7, 11) is -0.996. The van der Waals surface area contributed by atoms with Crippen molar-refractivity contribution in [2.75, 3.05) is 6.61 Å². The van der Waals surface area contributed by atoms with E-state index in [9.17, 15) is 0 Å². The smallest absolute Gasteiger partial charge is 0.212 e. The highest BCUT2D eigenvalue weighted by molar-refractivity contribution is 7.68. The summed E-state index contributed by atoms with van der Waals surface area (Å²) in [6.45, 7) is 9.59. The predicted molar refractivity (Wildman–Crippen MR) is 132 cm³/mol. The van der Waals surface area contributed by atoms with E-state index in [-0.39, 0.29) is 17.9 Å². The summed E-state index contributed by atoms with van der Waals surface area (Å²) in [4.78, 5) is 5.10. The van der Waals surface area contributed by atoms with Crippen LogP contribution >= 0.6 is 8.15 Å². The molecule has 0 radical (unpaired) electrons. The summed E-state index contributed by atoms with van der Waals surface area (Å²) in [5.41, 5.74) is 0.725. The van der Waals surface area contributed by atoms with E-state index >= 15 is 0 Å². The van der Waals surface area contributed by atoms with Gasteiger partial charge >= 0.3 is 0 Å². The van der Waals surface area contributed by atoms with E-state index in [0.717, 1.165) is 17.9 Å². The fourth-order valence-electron chi connectivity index (χ4n) is 4.63. The first-order chi connectivity index (χ1) is 15.0. The third-order valence-corrected chi connectivity index (χ3v) is 8.29. The van der Waals surface area contributed by atoms with E-state index in [1.165, 1.54) is 10.6 Å². The van der Waals surface area contributed by atoms with Gasteiger partial charge in [0.1, 0.15) is 18.2 Å². The Bertz CT molecular complexity index is 916. The highest BCUT2D eigenvalue weighted by Gasteiger charge is 2.50. The van der Waals surface area contributed by atoms with Gasteiger partial charge in [-0.25, -0.2) is 4.99 Å². The van der Waals surface area contributed by atoms with Crippen LogP contribution in [-0.4, -0.2) is 24.1 Å². The molecule has 0 saturated carbocycles. The highest BCUT2D eigenvalue weighted by atomic mass is 31.1. The number of hydrogen-bond acceptors (Lipinski definition) is 3. The molecule has 2 aliphatic rings. The maximum atomic E-state index is 7.27. The standard InChI is InChI=1S/C27H32NO2P/c1-20(2)27(21(3)4,25-19-29-26(28-25)22-13-11-12-14-22)30-31(23-15-7-5-8-16-23)24-17-9-6-10-18-24/h5-13,15-18,20-21,25H,14,19H2,1-4H3/t25-/m0/s1. The Morgan fingerprint density at radius 3 is 2.00 bits per heavy atom. The van der Waals surface area contributed by atoms with Gasteiger partial charge in [0.15, 0.2) is 0 Å². The number of aliphatic imine (C=N–C) groups is 1. The molecule has 0 fully saturated rings. The molecule has 0 unspecified atom stereocenters. The first-order valence-corrected chi connectivity index (χ1v) is 12.4. The monoisotopic (exact) mass is 433 g/mol. The van der Waals surface area contributed by atoms with Gasteiger partial charge in [-0.05, 0) is 18.3 Å². The molecule has 1 heterocycles. The average molecular weight is 434 g/mol. The minimum Gasteiger partial charge on any atom is -0.475 e. The van der Waals surface area contributed by atoms with Gasteiger partial charge in [-0.1, -0.05) is 107 Å². The Kier molecular flexibility index (Phi) is 6.74. The average Bonchev–Trinajstić information content (AvgIpc) is 3.48. The van der Waals surface area contributed by atoms with Gasteiger partial charge in [-0.2, -0.15) is 0 Å². The van der Waals surface area contributed by atoms with Gasteiger partial charge in [0.25, 0.3) is 0 Å². The van der Waals surface area contributed by atoms with Crippen LogP contribution in [0.3, 0.4) is 0 Å². The van der Waals surface area contributed by atoms with E-state index < -0.39 is 13.7 Å². The molecular weight excluding hydrogens is 401 g/mol. The molecule has 4 rings (SSSR count). The van der Waals surface area contributed by atoms with Crippen molar-refractivity contribution in [3.63, 3.8) is 0 Å². The van der Waals surface area contributed by atoms with Crippen molar-refractivity contribution >= 4 is 24.7 Å². The van der Waals surface area contributed by atoms with Gasteiger partial charge in [-0.3, -0.25) is 0 Å². The molecule has 31 heavy (non-hydrogen) atoms. The van der Waals surface area contributed by atoms with Crippen LogP contribution in [0.4, 0.5) is 0 Å².